The third-order valence-corrected chi connectivity index (χ3v) is 8.03. The molecule has 6 rings (SSSR count). The van der Waals surface area contributed by atoms with Crippen molar-refractivity contribution in [2.75, 3.05) is 10.7 Å². The number of rotatable bonds is 4. The summed E-state index contributed by atoms with van der Waals surface area (Å²) in [6.07, 6.45) is 0. The summed E-state index contributed by atoms with van der Waals surface area (Å²) < 4.78 is 0. The average molecular weight is 488 g/mol. The highest BCUT2D eigenvalue weighted by Crippen LogP contribution is 2.48. The zero-order valence-corrected chi connectivity index (χ0v) is 19.8. The van der Waals surface area contributed by atoms with Crippen LogP contribution in [0.15, 0.2) is 84.2 Å². The normalized spacial score (nSPS) is 16.1. The van der Waals surface area contributed by atoms with Gasteiger partial charge in [0.2, 0.25) is 5.91 Å². The molecule has 0 aliphatic carbocycles. The predicted octanol–water partition coefficient (Wildman–Crippen LogP) is 7.39. The van der Waals surface area contributed by atoms with Gasteiger partial charge in [0.05, 0.1) is 17.1 Å². The minimum atomic E-state index is -0.159. The molecule has 1 fully saturated rings. The van der Waals surface area contributed by atoms with Crippen LogP contribution in [-0.2, 0) is 4.79 Å². The molecule has 3 aromatic carbocycles. The molecule has 1 atom stereocenters. The van der Waals surface area contributed by atoms with Crippen molar-refractivity contribution in [3.8, 4) is 22.5 Å². The second-order valence-electron chi connectivity index (χ2n) is 7.77. The quantitative estimate of drug-likeness (QED) is 0.287. The van der Waals surface area contributed by atoms with E-state index in [1.54, 1.807) is 11.8 Å². The number of hydrogen-bond acceptors (Lipinski definition) is 4. The highest BCUT2D eigenvalue weighted by molar-refractivity contribution is 8.00. The van der Waals surface area contributed by atoms with Crippen LogP contribution in [-0.4, -0.2) is 21.6 Å². The Labute approximate surface area is 204 Å². The van der Waals surface area contributed by atoms with Crippen molar-refractivity contribution in [3.63, 3.8) is 0 Å². The maximum atomic E-state index is 13.1. The lowest BCUT2D eigenvalue weighted by molar-refractivity contribution is -0.115. The van der Waals surface area contributed by atoms with Crippen molar-refractivity contribution >= 4 is 56.6 Å². The third-order valence-electron chi connectivity index (χ3n) is 5.76. The summed E-state index contributed by atoms with van der Waals surface area (Å²) in [5, 5.41) is 4.37. The SMILES string of the molecule is O=C1CSC(c2c(-c3ccccc3)[nH]c3ccccc23)N1c1nc(-c2ccc(Cl)cc2)cs1. The number of fused-ring (bicyclic) bond motifs is 1. The van der Waals surface area contributed by atoms with E-state index in [0.717, 1.165) is 39.0 Å². The van der Waals surface area contributed by atoms with E-state index in [1.807, 2.05) is 64.9 Å². The van der Waals surface area contributed by atoms with Crippen LogP contribution in [0, 0.1) is 0 Å². The highest BCUT2D eigenvalue weighted by atomic mass is 35.5. The lowest BCUT2D eigenvalue weighted by Gasteiger charge is -2.22. The molecule has 1 N–H and O–H groups in total. The molecule has 5 aromatic rings. The number of thiazole rings is 1. The fraction of sp³-hybridized carbons (Fsp3) is 0.0769. The first kappa shape index (κ1) is 20.5. The number of benzene rings is 3. The Morgan fingerprint density at radius 2 is 1.70 bits per heavy atom. The van der Waals surface area contributed by atoms with Crippen molar-refractivity contribution in [1.29, 1.82) is 0 Å². The van der Waals surface area contributed by atoms with Crippen LogP contribution in [0.2, 0.25) is 5.02 Å². The largest absolute Gasteiger partial charge is 0.354 e. The number of thioether (sulfide) groups is 1. The Balaban J connectivity index is 1.47. The zero-order chi connectivity index (χ0) is 22.4. The summed E-state index contributed by atoms with van der Waals surface area (Å²) in [6, 6.07) is 26.2. The first-order valence-electron chi connectivity index (χ1n) is 10.5. The van der Waals surface area contributed by atoms with Crippen molar-refractivity contribution in [2.45, 2.75) is 5.37 Å². The molecule has 1 aliphatic heterocycles. The van der Waals surface area contributed by atoms with Gasteiger partial charge in [0.25, 0.3) is 0 Å². The number of carbonyl (C=O) groups excluding carboxylic acids is 1. The van der Waals surface area contributed by atoms with Gasteiger partial charge in [-0.05, 0) is 23.8 Å². The number of halogens is 1. The van der Waals surface area contributed by atoms with E-state index in [0.29, 0.717) is 15.9 Å². The van der Waals surface area contributed by atoms with E-state index in [9.17, 15) is 4.79 Å². The van der Waals surface area contributed by atoms with Gasteiger partial charge >= 0.3 is 0 Å². The summed E-state index contributed by atoms with van der Waals surface area (Å²) in [4.78, 5) is 23.4. The van der Waals surface area contributed by atoms with Gasteiger partial charge in [0.1, 0.15) is 5.37 Å². The standard InChI is InChI=1S/C26H18ClN3OS2/c27-18-12-10-16(11-13-18)21-14-33-26(29-21)30-22(31)15-32-25(30)23-19-8-4-5-9-20(19)28-24(23)17-6-2-1-3-7-17/h1-14,25,28H,15H2. The second-order valence-corrected chi connectivity index (χ2v) is 10.1. The van der Waals surface area contributed by atoms with E-state index in [4.69, 9.17) is 16.6 Å². The van der Waals surface area contributed by atoms with Crippen molar-refractivity contribution in [2.24, 2.45) is 0 Å². The molecule has 1 aliphatic rings. The van der Waals surface area contributed by atoms with E-state index in [1.165, 1.54) is 11.3 Å². The summed E-state index contributed by atoms with van der Waals surface area (Å²) in [5.41, 5.74) is 6.16. The van der Waals surface area contributed by atoms with Crippen LogP contribution in [0.5, 0.6) is 0 Å². The van der Waals surface area contributed by atoms with Gasteiger partial charge in [0.15, 0.2) is 5.13 Å². The Bertz CT molecular complexity index is 1460. The zero-order valence-electron chi connectivity index (χ0n) is 17.4. The molecule has 0 saturated carbocycles. The second kappa shape index (κ2) is 8.37. The van der Waals surface area contributed by atoms with Gasteiger partial charge in [-0.1, -0.05) is 72.3 Å². The van der Waals surface area contributed by atoms with Crippen LogP contribution in [0.4, 0.5) is 5.13 Å². The molecule has 162 valence electrons. The number of para-hydroxylation sites is 1. The van der Waals surface area contributed by atoms with Crippen LogP contribution < -0.4 is 4.90 Å². The van der Waals surface area contributed by atoms with Crippen LogP contribution in [0.25, 0.3) is 33.4 Å². The number of anilines is 1. The number of aromatic amines is 1. The van der Waals surface area contributed by atoms with Crippen molar-refractivity contribution < 1.29 is 4.79 Å². The predicted molar refractivity (Wildman–Crippen MR) is 139 cm³/mol. The molecule has 33 heavy (non-hydrogen) atoms. The Morgan fingerprint density at radius 3 is 2.52 bits per heavy atom. The molecular weight excluding hydrogens is 470 g/mol. The molecule has 1 saturated heterocycles. The molecule has 0 radical (unpaired) electrons. The fourth-order valence-corrected chi connectivity index (χ4v) is 6.51. The van der Waals surface area contributed by atoms with Crippen molar-refractivity contribution in [3.05, 3.63) is 94.8 Å². The minimum Gasteiger partial charge on any atom is -0.354 e. The Kier molecular flexibility index (Phi) is 5.21. The number of amides is 1. The number of carbonyl (C=O) groups is 1. The summed E-state index contributed by atoms with van der Waals surface area (Å²) in [7, 11) is 0. The molecule has 1 unspecified atom stereocenters. The van der Waals surface area contributed by atoms with Gasteiger partial charge in [-0.25, -0.2) is 4.98 Å². The number of H-pyrrole nitrogens is 1. The maximum absolute atomic E-state index is 13.1. The van der Waals surface area contributed by atoms with Crippen LogP contribution in [0.3, 0.4) is 0 Å². The van der Waals surface area contributed by atoms with E-state index >= 15 is 0 Å². The first-order valence-corrected chi connectivity index (χ1v) is 12.8. The molecule has 4 nitrogen and oxygen atoms in total. The summed E-state index contributed by atoms with van der Waals surface area (Å²) >= 11 is 9.18. The van der Waals surface area contributed by atoms with Crippen molar-refractivity contribution in [1.82, 2.24) is 9.97 Å². The van der Waals surface area contributed by atoms with Crippen LogP contribution >= 0.6 is 34.7 Å². The van der Waals surface area contributed by atoms with E-state index < -0.39 is 0 Å². The number of hydrogen-bond donors (Lipinski definition) is 1. The molecule has 0 bridgehead atoms. The van der Waals surface area contributed by atoms with Gasteiger partial charge in [-0.3, -0.25) is 9.69 Å². The molecule has 7 heteroatoms. The van der Waals surface area contributed by atoms with Gasteiger partial charge in [-0.2, -0.15) is 0 Å². The topological polar surface area (TPSA) is 49.0 Å². The summed E-state index contributed by atoms with van der Waals surface area (Å²) in [6.45, 7) is 0. The monoisotopic (exact) mass is 487 g/mol. The van der Waals surface area contributed by atoms with Gasteiger partial charge < -0.3 is 4.98 Å². The number of nitrogens with zero attached hydrogens (tertiary/aromatic N) is 2. The average Bonchev–Trinajstić information content (AvgIpc) is 3.56. The smallest absolute Gasteiger partial charge is 0.240 e. The Morgan fingerprint density at radius 1 is 0.939 bits per heavy atom. The number of nitrogens with one attached hydrogen (secondary N) is 1. The first-order chi connectivity index (χ1) is 16.2. The third kappa shape index (κ3) is 3.64. The molecule has 1 amide bonds. The lowest BCUT2D eigenvalue weighted by atomic mass is 10.0. The number of aromatic nitrogens is 2. The summed E-state index contributed by atoms with van der Waals surface area (Å²) in [5.74, 6) is 0.500. The maximum Gasteiger partial charge on any atom is 0.240 e. The Hall–Kier alpha value is -3.06. The lowest BCUT2D eigenvalue weighted by Crippen LogP contribution is -2.27. The van der Waals surface area contributed by atoms with E-state index in [-0.39, 0.29) is 11.3 Å². The molecule has 2 aromatic heterocycles. The highest BCUT2D eigenvalue weighted by Gasteiger charge is 2.38. The van der Waals surface area contributed by atoms with Crippen LogP contribution in [0.1, 0.15) is 10.9 Å². The molecule has 0 spiro atoms. The van der Waals surface area contributed by atoms with E-state index in [2.05, 4.69) is 29.2 Å². The molecular formula is C26H18ClN3OS2. The fourth-order valence-electron chi connectivity index (χ4n) is 4.23. The minimum absolute atomic E-state index is 0.0753. The van der Waals surface area contributed by atoms with Gasteiger partial charge in [0, 0.05) is 32.4 Å². The molecule has 3 heterocycles. The van der Waals surface area contributed by atoms with Gasteiger partial charge in [-0.15, -0.1) is 23.1 Å².